The minimum absolute atomic E-state index is 0.137. The smallest absolute Gasteiger partial charge is 0.234 e. The van der Waals surface area contributed by atoms with Gasteiger partial charge in [-0.3, -0.25) is 9.36 Å². The third kappa shape index (κ3) is 4.12. The molecule has 3 N–H and O–H groups in total. The summed E-state index contributed by atoms with van der Waals surface area (Å²) in [6, 6.07) is 7.14. The van der Waals surface area contributed by atoms with Gasteiger partial charge in [0.15, 0.2) is 5.16 Å². The maximum absolute atomic E-state index is 11.9. The van der Waals surface area contributed by atoms with Gasteiger partial charge in [-0.2, -0.15) is 0 Å². The van der Waals surface area contributed by atoms with E-state index in [-0.39, 0.29) is 17.7 Å². The van der Waals surface area contributed by atoms with E-state index in [0.717, 1.165) is 0 Å². The molecule has 0 fully saturated rings. The molecule has 0 radical (unpaired) electrons. The van der Waals surface area contributed by atoms with Gasteiger partial charge in [0.1, 0.15) is 0 Å². The van der Waals surface area contributed by atoms with E-state index in [4.69, 9.17) is 17.3 Å². The van der Waals surface area contributed by atoms with Crippen LogP contribution in [0.1, 0.15) is 19.9 Å². The second-order valence-corrected chi connectivity index (χ2v) is 6.03. The van der Waals surface area contributed by atoms with Crippen molar-refractivity contribution in [2.45, 2.75) is 25.0 Å². The Labute approximate surface area is 132 Å². The maximum atomic E-state index is 11.9. The summed E-state index contributed by atoms with van der Waals surface area (Å²) in [5.41, 5.74) is 6.41. The number of rotatable bonds is 5. The minimum Gasteiger partial charge on any atom is -0.368 e. The van der Waals surface area contributed by atoms with Crippen LogP contribution < -0.4 is 11.1 Å². The molecule has 112 valence electrons. The van der Waals surface area contributed by atoms with Gasteiger partial charge in [-0.05, 0) is 32.0 Å². The molecule has 0 aliphatic heterocycles. The zero-order valence-corrected chi connectivity index (χ0v) is 13.3. The Bertz CT molecular complexity index is 643. The molecule has 1 heterocycles. The Balaban J connectivity index is 1.96. The minimum atomic E-state index is -0.140. The monoisotopic (exact) mass is 325 g/mol. The molecule has 0 saturated carbocycles. The van der Waals surface area contributed by atoms with Gasteiger partial charge in [0, 0.05) is 16.8 Å². The van der Waals surface area contributed by atoms with E-state index in [1.807, 2.05) is 13.8 Å². The average molecular weight is 326 g/mol. The fourth-order valence-electron chi connectivity index (χ4n) is 1.77. The van der Waals surface area contributed by atoms with Crippen molar-refractivity contribution in [3.05, 3.63) is 29.3 Å². The molecule has 1 amide bonds. The van der Waals surface area contributed by atoms with Crippen molar-refractivity contribution in [3.8, 4) is 0 Å². The topological polar surface area (TPSA) is 85.8 Å². The molecule has 0 aliphatic carbocycles. The molecule has 0 atom stereocenters. The van der Waals surface area contributed by atoms with E-state index < -0.39 is 0 Å². The number of halogens is 1. The van der Waals surface area contributed by atoms with Crippen molar-refractivity contribution in [3.63, 3.8) is 0 Å². The first-order chi connectivity index (χ1) is 9.97. The van der Waals surface area contributed by atoms with Crippen LogP contribution >= 0.6 is 23.4 Å². The molecule has 21 heavy (non-hydrogen) atoms. The number of nitrogens with zero attached hydrogens (tertiary/aromatic N) is 3. The second kappa shape index (κ2) is 6.82. The van der Waals surface area contributed by atoms with Gasteiger partial charge in [0.2, 0.25) is 11.9 Å². The Morgan fingerprint density at radius 2 is 2.24 bits per heavy atom. The van der Waals surface area contributed by atoms with Gasteiger partial charge in [-0.1, -0.05) is 29.4 Å². The van der Waals surface area contributed by atoms with Gasteiger partial charge in [-0.25, -0.2) is 0 Å². The summed E-state index contributed by atoms with van der Waals surface area (Å²) >= 11 is 7.16. The van der Waals surface area contributed by atoms with E-state index in [9.17, 15) is 4.79 Å². The van der Waals surface area contributed by atoms with Gasteiger partial charge >= 0.3 is 0 Å². The van der Waals surface area contributed by atoms with Crippen LogP contribution in [0.4, 0.5) is 11.6 Å². The van der Waals surface area contributed by atoms with Crippen LogP contribution in [-0.2, 0) is 4.79 Å². The van der Waals surface area contributed by atoms with Crippen molar-refractivity contribution in [2.75, 3.05) is 16.8 Å². The van der Waals surface area contributed by atoms with Gasteiger partial charge < -0.3 is 11.1 Å². The molecular weight excluding hydrogens is 310 g/mol. The standard InChI is InChI=1S/C13H16ClN5OS/c1-8(2)19-12(15)17-18-13(19)21-7-11(20)16-10-5-3-4-9(14)6-10/h3-6,8H,7H2,1-2H3,(H2,15,17)(H,16,20). The van der Waals surface area contributed by atoms with Crippen LogP contribution in [0, 0.1) is 0 Å². The number of amides is 1. The molecule has 8 heteroatoms. The molecule has 2 rings (SSSR count). The number of nitrogens with two attached hydrogens (primary N) is 1. The summed E-state index contributed by atoms with van der Waals surface area (Å²) in [6.45, 7) is 3.96. The fraction of sp³-hybridized carbons (Fsp3) is 0.308. The number of nitrogen functional groups attached to an aromatic ring is 1. The van der Waals surface area contributed by atoms with Crippen LogP contribution in [-0.4, -0.2) is 26.4 Å². The molecule has 0 saturated heterocycles. The van der Waals surface area contributed by atoms with E-state index in [2.05, 4.69) is 15.5 Å². The highest BCUT2D eigenvalue weighted by molar-refractivity contribution is 7.99. The third-order valence-electron chi connectivity index (χ3n) is 2.65. The zero-order valence-electron chi connectivity index (χ0n) is 11.7. The quantitative estimate of drug-likeness (QED) is 0.825. The number of carbonyl (C=O) groups is 1. The summed E-state index contributed by atoms with van der Waals surface area (Å²) in [6.07, 6.45) is 0. The second-order valence-electron chi connectivity index (χ2n) is 4.65. The third-order valence-corrected chi connectivity index (χ3v) is 3.83. The van der Waals surface area contributed by atoms with Gasteiger partial charge in [-0.15, -0.1) is 10.2 Å². The van der Waals surface area contributed by atoms with Gasteiger partial charge in [0.05, 0.1) is 5.75 Å². The fourth-order valence-corrected chi connectivity index (χ4v) is 2.83. The lowest BCUT2D eigenvalue weighted by Gasteiger charge is -2.11. The number of nitrogens with one attached hydrogen (secondary N) is 1. The summed E-state index contributed by atoms with van der Waals surface area (Å²) in [5.74, 6) is 0.430. The molecule has 1 aromatic heterocycles. The highest BCUT2D eigenvalue weighted by Crippen LogP contribution is 2.23. The maximum Gasteiger partial charge on any atom is 0.234 e. The lowest BCUT2D eigenvalue weighted by atomic mass is 10.3. The Kier molecular flexibility index (Phi) is 5.08. The number of hydrogen-bond acceptors (Lipinski definition) is 5. The van der Waals surface area contributed by atoms with Crippen molar-refractivity contribution >= 4 is 40.9 Å². The van der Waals surface area contributed by atoms with E-state index in [1.54, 1.807) is 28.8 Å². The highest BCUT2D eigenvalue weighted by Gasteiger charge is 2.14. The Morgan fingerprint density at radius 3 is 2.90 bits per heavy atom. The van der Waals surface area contributed by atoms with Crippen molar-refractivity contribution in [1.29, 1.82) is 0 Å². The lowest BCUT2D eigenvalue weighted by molar-refractivity contribution is -0.113. The Hall–Kier alpha value is -1.73. The van der Waals surface area contributed by atoms with E-state index in [0.29, 0.717) is 21.8 Å². The molecule has 0 bridgehead atoms. The summed E-state index contributed by atoms with van der Waals surface area (Å²) in [7, 11) is 0. The number of hydrogen-bond donors (Lipinski definition) is 2. The first kappa shape index (κ1) is 15.7. The van der Waals surface area contributed by atoms with Crippen molar-refractivity contribution < 1.29 is 4.79 Å². The van der Waals surface area contributed by atoms with Crippen LogP contribution in [0.5, 0.6) is 0 Å². The number of benzene rings is 1. The van der Waals surface area contributed by atoms with Crippen molar-refractivity contribution in [1.82, 2.24) is 14.8 Å². The first-order valence-corrected chi connectivity index (χ1v) is 7.72. The van der Waals surface area contributed by atoms with Crippen LogP contribution in [0.15, 0.2) is 29.4 Å². The molecule has 0 unspecified atom stereocenters. The number of carbonyl (C=O) groups excluding carboxylic acids is 1. The molecule has 2 aromatic rings. The predicted molar refractivity (Wildman–Crippen MR) is 85.6 cm³/mol. The SMILES string of the molecule is CC(C)n1c(N)nnc1SCC(=O)Nc1cccc(Cl)c1. The summed E-state index contributed by atoms with van der Waals surface area (Å²) < 4.78 is 1.79. The first-order valence-electron chi connectivity index (χ1n) is 6.36. The van der Waals surface area contributed by atoms with E-state index in [1.165, 1.54) is 11.8 Å². The number of anilines is 2. The zero-order chi connectivity index (χ0) is 15.4. The lowest BCUT2D eigenvalue weighted by Crippen LogP contribution is -2.15. The highest BCUT2D eigenvalue weighted by atomic mass is 35.5. The molecular formula is C13H16ClN5OS. The number of aromatic nitrogens is 3. The number of thioether (sulfide) groups is 1. The Morgan fingerprint density at radius 1 is 1.48 bits per heavy atom. The molecule has 0 spiro atoms. The van der Waals surface area contributed by atoms with Crippen molar-refractivity contribution in [2.24, 2.45) is 0 Å². The normalized spacial score (nSPS) is 10.9. The van der Waals surface area contributed by atoms with E-state index >= 15 is 0 Å². The summed E-state index contributed by atoms with van der Waals surface area (Å²) in [5, 5.41) is 11.8. The molecule has 1 aromatic carbocycles. The summed E-state index contributed by atoms with van der Waals surface area (Å²) in [4.78, 5) is 11.9. The van der Waals surface area contributed by atoms with Crippen LogP contribution in [0.3, 0.4) is 0 Å². The van der Waals surface area contributed by atoms with Gasteiger partial charge in [0.25, 0.3) is 0 Å². The molecule has 0 aliphatic rings. The largest absolute Gasteiger partial charge is 0.368 e. The average Bonchev–Trinajstić information content (AvgIpc) is 2.77. The van der Waals surface area contributed by atoms with Crippen LogP contribution in [0.25, 0.3) is 0 Å². The predicted octanol–water partition coefficient (Wildman–Crippen LogP) is 2.83. The molecule has 6 nitrogen and oxygen atoms in total. The van der Waals surface area contributed by atoms with Crippen LogP contribution in [0.2, 0.25) is 5.02 Å².